The van der Waals surface area contributed by atoms with E-state index in [1.165, 1.54) is 0 Å². The van der Waals surface area contributed by atoms with Crippen molar-refractivity contribution in [3.63, 3.8) is 0 Å². The smallest absolute Gasteiger partial charge is 0.225 e. The van der Waals surface area contributed by atoms with Crippen molar-refractivity contribution in [2.75, 3.05) is 18.0 Å². The van der Waals surface area contributed by atoms with Crippen LogP contribution in [0.5, 0.6) is 0 Å². The lowest BCUT2D eigenvalue weighted by Crippen LogP contribution is -2.34. The van der Waals surface area contributed by atoms with Gasteiger partial charge in [-0.05, 0) is 39.7 Å². The van der Waals surface area contributed by atoms with Crippen LogP contribution >= 0.6 is 0 Å². The van der Waals surface area contributed by atoms with Crippen LogP contribution in [0.1, 0.15) is 41.5 Å². The molecule has 2 aromatic rings. The molecule has 5 heteroatoms. The Morgan fingerprint density at radius 2 is 1.57 bits per heavy atom. The number of hydrogen-bond acceptors (Lipinski definition) is 5. The van der Waals surface area contributed by atoms with E-state index in [1.807, 2.05) is 39.2 Å². The molecule has 0 N–H and O–H groups in total. The van der Waals surface area contributed by atoms with Gasteiger partial charge < -0.3 is 4.90 Å². The van der Waals surface area contributed by atoms with E-state index < -0.39 is 0 Å². The summed E-state index contributed by atoms with van der Waals surface area (Å²) in [5.41, 5.74) is 4.18. The van der Waals surface area contributed by atoms with Gasteiger partial charge in [-0.2, -0.15) is 0 Å². The van der Waals surface area contributed by atoms with Gasteiger partial charge in [0.25, 0.3) is 0 Å². The molecule has 3 rings (SSSR count). The maximum absolute atomic E-state index is 4.61. The monoisotopic (exact) mass is 283 g/mol. The van der Waals surface area contributed by atoms with Crippen molar-refractivity contribution >= 4 is 5.95 Å². The molecule has 1 aliphatic rings. The van der Waals surface area contributed by atoms with Crippen molar-refractivity contribution < 1.29 is 0 Å². The van der Waals surface area contributed by atoms with Crippen LogP contribution in [0, 0.1) is 20.8 Å². The van der Waals surface area contributed by atoms with Crippen LogP contribution in [0.15, 0.2) is 18.5 Å². The molecule has 0 spiro atoms. The van der Waals surface area contributed by atoms with E-state index in [2.05, 4.69) is 24.8 Å². The van der Waals surface area contributed by atoms with Crippen molar-refractivity contribution in [1.29, 1.82) is 0 Å². The third kappa shape index (κ3) is 3.17. The number of anilines is 1. The molecule has 1 fully saturated rings. The van der Waals surface area contributed by atoms with Crippen LogP contribution in [0.25, 0.3) is 0 Å². The van der Waals surface area contributed by atoms with Crippen molar-refractivity contribution in [2.45, 2.75) is 39.5 Å². The van der Waals surface area contributed by atoms with Crippen LogP contribution in [0.3, 0.4) is 0 Å². The predicted molar refractivity (Wildman–Crippen MR) is 82.5 cm³/mol. The van der Waals surface area contributed by atoms with Crippen LogP contribution in [-0.2, 0) is 0 Å². The van der Waals surface area contributed by atoms with Gasteiger partial charge in [-0.3, -0.25) is 9.97 Å². The summed E-state index contributed by atoms with van der Waals surface area (Å²) in [5, 5.41) is 0. The van der Waals surface area contributed by atoms with Crippen LogP contribution in [0.4, 0.5) is 5.95 Å². The van der Waals surface area contributed by atoms with E-state index in [0.717, 1.165) is 54.7 Å². The number of hydrogen-bond donors (Lipinski definition) is 0. The van der Waals surface area contributed by atoms with Gasteiger partial charge >= 0.3 is 0 Å². The van der Waals surface area contributed by atoms with Crippen LogP contribution in [0.2, 0.25) is 0 Å². The Bertz CT molecular complexity index is 612. The molecule has 0 bridgehead atoms. The van der Waals surface area contributed by atoms with Gasteiger partial charge in [0.2, 0.25) is 5.95 Å². The minimum Gasteiger partial charge on any atom is -0.341 e. The molecule has 0 saturated carbocycles. The summed E-state index contributed by atoms with van der Waals surface area (Å²) in [4.78, 5) is 20.3. The number of rotatable bonds is 2. The van der Waals surface area contributed by atoms with Crippen molar-refractivity contribution in [3.8, 4) is 0 Å². The summed E-state index contributed by atoms with van der Waals surface area (Å²) in [7, 11) is 0. The zero-order valence-electron chi connectivity index (χ0n) is 12.9. The fourth-order valence-electron chi connectivity index (χ4n) is 2.90. The minimum absolute atomic E-state index is 0.500. The van der Waals surface area contributed by atoms with Crippen molar-refractivity contribution in [1.82, 2.24) is 19.9 Å². The van der Waals surface area contributed by atoms with Gasteiger partial charge in [-0.25, -0.2) is 9.97 Å². The molecule has 2 aromatic heterocycles. The normalized spacial score (nSPS) is 16.2. The average Bonchev–Trinajstić information content (AvgIpc) is 2.46. The Labute approximate surface area is 125 Å². The van der Waals surface area contributed by atoms with Gasteiger partial charge in [-0.15, -0.1) is 0 Å². The summed E-state index contributed by atoms with van der Waals surface area (Å²) < 4.78 is 0. The average molecular weight is 283 g/mol. The molecule has 21 heavy (non-hydrogen) atoms. The highest BCUT2D eigenvalue weighted by molar-refractivity contribution is 5.33. The van der Waals surface area contributed by atoms with Gasteiger partial charge in [0.15, 0.2) is 0 Å². The molecule has 5 nitrogen and oxygen atoms in total. The van der Waals surface area contributed by atoms with E-state index in [9.17, 15) is 0 Å². The first-order valence-corrected chi connectivity index (χ1v) is 7.47. The second-order valence-corrected chi connectivity index (χ2v) is 5.80. The van der Waals surface area contributed by atoms with Gasteiger partial charge in [0.05, 0.1) is 11.4 Å². The number of aromatic nitrogens is 4. The minimum atomic E-state index is 0.500. The molecule has 3 heterocycles. The first kappa shape index (κ1) is 13.9. The van der Waals surface area contributed by atoms with Crippen LogP contribution < -0.4 is 4.90 Å². The highest BCUT2D eigenvalue weighted by atomic mass is 15.3. The molecular weight excluding hydrogens is 262 g/mol. The molecule has 0 atom stereocenters. The SMILES string of the molecule is Cc1cncc(C2CCN(c3nc(C)cc(C)n3)CC2)n1. The van der Waals surface area contributed by atoms with Gasteiger partial charge in [0, 0.05) is 42.8 Å². The van der Waals surface area contributed by atoms with Crippen molar-refractivity contribution in [3.05, 3.63) is 41.2 Å². The third-order valence-electron chi connectivity index (χ3n) is 3.94. The standard InChI is InChI=1S/C16H21N5/c1-11-8-12(2)20-16(19-11)21-6-4-14(5-7-21)15-10-17-9-13(3)18-15/h8-10,14H,4-7H2,1-3H3. The summed E-state index contributed by atoms with van der Waals surface area (Å²) in [6.45, 7) is 7.99. The lowest BCUT2D eigenvalue weighted by molar-refractivity contribution is 0.488. The Morgan fingerprint density at radius 3 is 2.19 bits per heavy atom. The zero-order valence-corrected chi connectivity index (χ0v) is 12.9. The highest BCUT2D eigenvalue weighted by Gasteiger charge is 2.23. The quantitative estimate of drug-likeness (QED) is 0.848. The van der Waals surface area contributed by atoms with Gasteiger partial charge in [-0.1, -0.05) is 0 Å². The maximum Gasteiger partial charge on any atom is 0.225 e. The first-order chi connectivity index (χ1) is 10.1. The third-order valence-corrected chi connectivity index (χ3v) is 3.94. The Balaban J connectivity index is 1.70. The molecule has 110 valence electrons. The molecule has 0 radical (unpaired) electrons. The molecule has 0 unspecified atom stereocenters. The lowest BCUT2D eigenvalue weighted by atomic mass is 9.94. The number of aryl methyl sites for hydroxylation is 3. The van der Waals surface area contributed by atoms with E-state index in [-0.39, 0.29) is 0 Å². The van der Waals surface area contributed by atoms with Gasteiger partial charge in [0.1, 0.15) is 0 Å². The lowest BCUT2D eigenvalue weighted by Gasteiger charge is -2.31. The Kier molecular flexibility index (Phi) is 3.82. The van der Waals surface area contributed by atoms with E-state index in [0.29, 0.717) is 5.92 Å². The zero-order chi connectivity index (χ0) is 14.8. The first-order valence-electron chi connectivity index (χ1n) is 7.47. The Morgan fingerprint density at radius 1 is 0.905 bits per heavy atom. The van der Waals surface area contributed by atoms with E-state index in [4.69, 9.17) is 0 Å². The van der Waals surface area contributed by atoms with E-state index in [1.54, 1.807) is 0 Å². The van der Waals surface area contributed by atoms with Crippen LogP contribution in [-0.4, -0.2) is 33.0 Å². The Hall–Kier alpha value is -2.04. The molecule has 1 aliphatic heterocycles. The largest absolute Gasteiger partial charge is 0.341 e. The topological polar surface area (TPSA) is 54.8 Å². The summed E-state index contributed by atoms with van der Waals surface area (Å²) in [5.74, 6) is 1.36. The number of nitrogens with zero attached hydrogens (tertiary/aromatic N) is 5. The molecule has 0 aliphatic carbocycles. The van der Waals surface area contributed by atoms with E-state index >= 15 is 0 Å². The maximum atomic E-state index is 4.61. The summed E-state index contributed by atoms with van der Waals surface area (Å²) in [6, 6.07) is 2.01. The fourth-order valence-corrected chi connectivity index (χ4v) is 2.90. The molecule has 0 amide bonds. The number of piperidine rings is 1. The molecule has 1 saturated heterocycles. The second kappa shape index (κ2) is 5.76. The highest BCUT2D eigenvalue weighted by Crippen LogP contribution is 2.28. The molecular formula is C16H21N5. The second-order valence-electron chi connectivity index (χ2n) is 5.80. The summed E-state index contributed by atoms with van der Waals surface area (Å²) >= 11 is 0. The summed E-state index contributed by atoms with van der Waals surface area (Å²) in [6.07, 6.45) is 5.87. The van der Waals surface area contributed by atoms with Crippen molar-refractivity contribution in [2.24, 2.45) is 0 Å². The fraction of sp³-hybridized carbons (Fsp3) is 0.500. The molecule has 0 aromatic carbocycles. The predicted octanol–water partition coefficient (Wildman–Crippen LogP) is 2.58.